The highest BCUT2D eigenvalue weighted by atomic mass is 16.5. The fraction of sp³-hybridized carbons (Fsp3) is 0.167. The van der Waals surface area contributed by atoms with Gasteiger partial charge in [0.1, 0.15) is 5.75 Å². The molecule has 0 saturated heterocycles. The molecule has 4 nitrogen and oxygen atoms in total. The van der Waals surface area contributed by atoms with E-state index >= 15 is 0 Å². The molecule has 2 rings (SSSR count). The molecule has 0 aliphatic carbocycles. The van der Waals surface area contributed by atoms with Gasteiger partial charge in [0.05, 0.1) is 19.1 Å². The highest BCUT2D eigenvalue weighted by Crippen LogP contribution is 2.28. The third-order valence-corrected chi connectivity index (χ3v) is 2.31. The molecule has 0 atom stereocenters. The van der Waals surface area contributed by atoms with Gasteiger partial charge in [0.15, 0.2) is 0 Å². The van der Waals surface area contributed by atoms with E-state index in [0.717, 1.165) is 11.1 Å². The Morgan fingerprint density at radius 1 is 1.31 bits per heavy atom. The molecular weight excluding hydrogens is 204 g/mol. The summed E-state index contributed by atoms with van der Waals surface area (Å²) in [6.45, 7) is 1.98. The zero-order valence-corrected chi connectivity index (χ0v) is 9.15. The smallest absolute Gasteiger partial charge is 0.251 e. The molecule has 1 N–H and O–H groups in total. The van der Waals surface area contributed by atoms with Gasteiger partial charge >= 0.3 is 0 Å². The summed E-state index contributed by atoms with van der Waals surface area (Å²) in [7, 11) is 1.60. The van der Waals surface area contributed by atoms with Gasteiger partial charge in [-0.3, -0.25) is 4.79 Å². The standard InChI is InChI=1S/C12H12N2O2/c1-8-3-4-11(16-2)9(5-8)10-6-12(15)14-7-13-10/h3-7H,1-2H3,(H,13,14,15). The number of H-pyrrole nitrogens is 1. The summed E-state index contributed by atoms with van der Waals surface area (Å²) in [6.07, 6.45) is 1.39. The van der Waals surface area contributed by atoms with Crippen molar-refractivity contribution in [2.45, 2.75) is 6.92 Å². The Bertz CT molecular complexity index is 561. The third kappa shape index (κ3) is 1.95. The minimum absolute atomic E-state index is 0.173. The van der Waals surface area contributed by atoms with Crippen LogP contribution in [-0.4, -0.2) is 17.1 Å². The van der Waals surface area contributed by atoms with Crippen LogP contribution in [0.15, 0.2) is 35.4 Å². The number of ether oxygens (including phenoxy) is 1. The number of hydrogen-bond donors (Lipinski definition) is 1. The number of aromatic amines is 1. The van der Waals surface area contributed by atoms with Gasteiger partial charge in [0.25, 0.3) is 5.56 Å². The SMILES string of the molecule is COc1ccc(C)cc1-c1cc(=O)[nH]cn1. The molecular formula is C12H12N2O2. The highest BCUT2D eigenvalue weighted by Gasteiger charge is 2.07. The lowest BCUT2D eigenvalue weighted by Crippen LogP contribution is -2.05. The molecule has 0 saturated carbocycles. The van der Waals surface area contributed by atoms with E-state index in [-0.39, 0.29) is 5.56 Å². The first-order valence-corrected chi connectivity index (χ1v) is 4.90. The van der Waals surface area contributed by atoms with Crippen molar-refractivity contribution in [3.05, 3.63) is 46.5 Å². The number of nitrogens with zero attached hydrogens (tertiary/aromatic N) is 1. The van der Waals surface area contributed by atoms with Crippen LogP contribution in [0.3, 0.4) is 0 Å². The van der Waals surface area contributed by atoms with E-state index in [9.17, 15) is 4.79 Å². The summed E-state index contributed by atoms with van der Waals surface area (Å²) in [6, 6.07) is 7.22. The van der Waals surface area contributed by atoms with Gasteiger partial charge < -0.3 is 9.72 Å². The van der Waals surface area contributed by atoms with Crippen LogP contribution < -0.4 is 10.3 Å². The monoisotopic (exact) mass is 216 g/mol. The number of aryl methyl sites for hydroxylation is 1. The van der Waals surface area contributed by atoms with E-state index in [2.05, 4.69) is 9.97 Å². The Kier molecular flexibility index (Phi) is 2.72. The van der Waals surface area contributed by atoms with E-state index in [0.29, 0.717) is 11.4 Å². The predicted octanol–water partition coefficient (Wildman–Crippen LogP) is 1.75. The molecule has 0 spiro atoms. The van der Waals surface area contributed by atoms with Crippen LogP contribution in [0.2, 0.25) is 0 Å². The van der Waals surface area contributed by atoms with Crippen molar-refractivity contribution in [2.75, 3.05) is 7.11 Å². The molecule has 0 unspecified atom stereocenters. The van der Waals surface area contributed by atoms with Crippen LogP contribution in [0.25, 0.3) is 11.3 Å². The summed E-state index contributed by atoms with van der Waals surface area (Å²) in [5.41, 5.74) is 2.37. The lowest BCUT2D eigenvalue weighted by atomic mass is 10.1. The zero-order valence-electron chi connectivity index (χ0n) is 9.15. The van der Waals surface area contributed by atoms with Crippen molar-refractivity contribution >= 4 is 0 Å². The molecule has 0 amide bonds. The molecule has 1 aromatic carbocycles. The fourth-order valence-corrected chi connectivity index (χ4v) is 1.54. The number of methoxy groups -OCH3 is 1. The second kappa shape index (κ2) is 4.18. The topological polar surface area (TPSA) is 55.0 Å². The van der Waals surface area contributed by atoms with E-state index in [4.69, 9.17) is 4.74 Å². The van der Waals surface area contributed by atoms with Gasteiger partial charge in [-0.1, -0.05) is 11.6 Å². The van der Waals surface area contributed by atoms with Crippen molar-refractivity contribution in [1.82, 2.24) is 9.97 Å². The minimum atomic E-state index is -0.173. The van der Waals surface area contributed by atoms with Crippen LogP contribution in [0.5, 0.6) is 5.75 Å². The lowest BCUT2D eigenvalue weighted by molar-refractivity contribution is 0.416. The average Bonchev–Trinajstić information content (AvgIpc) is 2.29. The number of benzene rings is 1. The predicted molar refractivity (Wildman–Crippen MR) is 61.6 cm³/mol. The molecule has 16 heavy (non-hydrogen) atoms. The number of hydrogen-bond acceptors (Lipinski definition) is 3. The molecule has 0 bridgehead atoms. The molecule has 0 aliphatic rings. The summed E-state index contributed by atoms with van der Waals surface area (Å²) in [4.78, 5) is 17.8. The molecule has 0 fully saturated rings. The molecule has 82 valence electrons. The van der Waals surface area contributed by atoms with Gasteiger partial charge in [-0.2, -0.15) is 0 Å². The van der Waals surface area contributed by atoms with Crippen molar-refractivity contribution in [3.8, 4) is 17.0 Å². The lowest BCUT2D eigenvalue weighted by Gasteiger charge is -2.08. The maximum Gasteiger partial charge on any atom is 0.251 e. The van der Waals surface area contributed by atoms with Crippen LogP contribution in [0.1, 0.15) is 5.56 Å². The van der Waals surface area contributed by atoms with Crippen molar-refractivity contribution < 1.29 is 4.74 Å². The largest absolute Gasteiger partial charge is 0.496 e. The first kappa shape index (κ1) is 10.4. The number of nitrogens with one attached hydrogen (secondary N) is 1. The van der Waals surface area contributed by atoms with Crippen LogP contribution in [-0.2, 0) is 0 Å². The molecule has 1 aromatic heterocycles. The first-order chi connectivity index (χ1) is 7.70. The Morgan fingerprint density at radius 3 is 2.81 bits per heavy atom. The van der Waals surface area contributed by atoms with Gasteiger partial charge in [0.2, 0.25) is 0 Å². The minimum Gasteiger partial charge on any atom is -0.496 e. The molecule has 4 heteroatoms. The van der Waals surface area contributed by atoms with Crippen molar-refractivity contribution in [1.29, 1.82) is 0 Å². The van der Waals surface area contributed by atoms with Gasteiger partial charge in [-0.05, 0) is 19.1 Å². The fourth-order valence-electron chi connectivity index (χ4n) is 1.54. The van der Waals surface area contributed by atoms with E-state index in [1.54, 1.807) is 7.11 Å². The molecule has 0 radical (unpaired) electrons. The Hall–Kier alpha value is -2.10. The normalized spacial score (nSPS) is 10.1. The summed E-state index contributed by atoms with van der Waals surface area (Å²) in [5, 5.41) is 0. The van der Waals surface area contributed by atoms with Gasteiger partial charge in [-0.25, -0.2) is 4.98 Å². The van der Waals surface area contributed by atoms with Gasteiger partial charge in [-0.15, -0.1) is 0 Å². The van der Waals surface area contributed by atoms with E-state index in [1.807, 2.05) is 25.1 Å². The zero-order chi connectivity index (χ0) is 11.5. The quantitative estimate of drug-likeness (QED) is 0.832. The average molecular weight is 216 g/mol. The molecule has 0 aliphatic heterocycles. The maximum atomic E-state index is 11.2. The molecule has 2 aromatic rings. The summed E-state index contributed by atoms with van der Waals surface area (Å²) < 4.78 is 5.24. The van der Waals surface area contributed by atoms with Gasteiger partial charge in [0, 0.05) is 11.6 Å². The summed E-state index contributed by atoms with van der Waals surface area (Å²) >= 11 is 0. The highest BCUT2D eigenvalue weighted by molar-refractivity contribution is 5.67. The Labute approximate surface area is 92.9 Å². The van der Waals surface area contributed by atoms with E-state index in [1.165, 1.54) is 12.4 Å². The first-order valence-electron chi connectivity index (χ1n) is 4.90. The van der Waals surface area contributed by atoms with Crippen molar-refractivity contribution in [3.63, 3.8) is 0 Å². The van der Waals surface area contributed by atoms with Crippen LogP contribution in [0, 0.1) is 6.92 Å². The van der Waals surface area contributed by atoms with E-state index < -0.39 is 0 Å². The third-order valence-electron chi connectivity index (χ3n) is 2.31. The number of rotatable bonds is 2. The molecule has 1 heterocycles. The summed E-state index contributed by atoms with van der Waals surface area (Å²) in [5.74, 6) is 0.712. The van der Waals surface area contributed by atoms with Crippen LogP contribution >= 0.6 is 0 Å². The Morgan fingerprint density at radius 2 is 2.12 bits per heavy atom. The maximum absolute atomic E-state index is 11.2. The Balaban J connectivity index is 2.62. The number of aromatic nitrogens is 2. The van der Waals surface area contributed by atoms with Crippen molar-refractivity contribution in [2.24, 2.45) is 0 Å². The second-order valence-electron chi connectivity index (χ2n) is 3.50. The van der Waals surface area contributed by atoms with Crippen LogP contribution in [0.4, 0.5) is 0 Å². The second-order valence-corrected chi connectivity index (χ2v) is 3.50.